The second-order valence-electron chi connectivity index (χ2n) is 3.78. The highest BCUT2D eigenvalue weighted by Gasteiger charge is 2.12. The number of hydrogen-bond donors (Lipinski definition) is 1. The second kappa shape index (κ2) is 5.11. The standard InChI is InChI=1S/C12H17FO/c1-3-9(2)12(14)8-10-4-6-11(13)7-5-10/h4-7,9,12,14H,3,8H2,1-2H3. The van der Waals surface area contributed by atoms with Gasteiger partial charge in [0.1, 0.15) is 5.82 Å². The van der Waals surface area contributed by atoms with Crippen LogP contribution in [0.4, 0.5) is 4.39 Å². The lowest BCUT2D eigenvalue weighted by Gasteiger charge is -2.16. The van der Waals surface area contributed by atoms with Crippen LogP contribution in [-0.4, -0.2) is 11.2 Å². The minimum Gasteiger partial charge on any atom is -0.393 e. The minimum atomic E-state index is -0.328. The highest BCUT2D eigenvalue weighted by Crippen LogP contribution is 2.13. The Morgan fingerprint density at radius 2 is 1.86 bits per heavy atom. The molecule has 0 aromatic heterocycles. The third-order valence-electron chi connectivity index (χ3n) is 2.66. The van der Waals surface area contributed by atoms with Crippen LogP contribution in [0, 0.1) is 11.7 Å². The molecule has 0 amide bonds. The van der Waals surface area contributed by atoms with Gasteiger partial charge >= 0.3 is 0 Å². The van der Waals surface area contributed by atoms with Crippen molar-refractivity contribution in [1.82, 2.24) is 0 Å². The molecule has 1 aromatic rings. The van der Waals surface area contributed by atoms with Crippen molar-refractivity contribution in [3.05, 3.63) is 35.6 Å². The van der Waals surface area contributed by atoms with Crippen LogP contribution in [0.15, 0.2) is 24.3 Å². The minimum absolute atomic E-state index is 0.230. The van der Waals surface area contributed by atoms with E-state index in [1.165, 1.54) is 12.1 Å². The predicted octanol–water partition coefficient (Wildman–Crippen LogP) is 2.78. The SMILES string of the molecule is CCC(C)C(O)Cc1ccc(F)cc1. The average molecular weight is 196 g/mol. The van der Waals surface area contributed by atoms with Crippen molar-refractivity contribution in [3.8, 4) is 0 Å². The summed E-state index contributed by atoms with van der Waals surface area (Å²) in [5.74, 6) is 0.0619. The fourth-order valence-electron chi connectivity index (χ4n) is 1.34. The molecule has 0 heterocycles. The Hall–Kier alpha value is -0.890. The van der Waals surface area contributed by atoms with Gasteiger partial charge in [-0.1, -0.05) is 32.4 Å². The molecule has 0 aliphatic heterocycles. The molecule has 0 fully saturated rings. The number of aliphatic hydroxyl groups excluding tert-OH is 1. The van der Waals surface area contributed by atoms with Crippen molar-refractivity contribution >= 4 is 0 Å². The van der Waals surface area contributed by atoms with Crippen LogP contribution in [0.5, 0.6) is 0 Å². The van der Waals surface area contributed by atoms with Crippen molar-refractivity contribution in [2.24, 2.45) is 5.92 Å². The quantitative estimate of drug-likeness (QED) is 0.785. The van der Waals surface area contributed by atoms with Gasteiger partial charge in [-0.25, -0.2) is 4.39 Å². The van der Waals surface area contributed by atoms with Crippen molar-refractivity contribution in [2.75, 3.05) is 0 Å². The van der Waals surface area contributed by atoms with E-state index in [9.17, 15) is 9.50 Å². The summed E-state index contributed by atoms with van der Waals surface area (Å²) in [5, 5.41) is 9.75. The Kier molecular flexibility index (Phi) is 4.08. The van der Waals surface area contributed by atoms with E-state index in [1.807, 2.05) is 6.92 Å². The maximum atomic E-state index is 12.6. The topological polar surface area (TPSA) is 20.2 Å². The van der Waals surface area contributed by atoms with Gasteiger partial charge in [-0.15, -0.1) is 0 Å². The second-order valence-corrected chi connectivity index (χ2v) is 3.78. The first kappa shape index (κ1) is 11.2. The van der Waals surface area contributed by atoms with E-state index in [0.717, 1.165) is 12.0 Å². The predicted molar refractivity (Wildman–Crippen MR) is 55.6 cm³/mol. The summed E-state index contributed by atoms with van der Waals surface area (Å²) in [6, 6.07) is 6.30. The normalized spacial score (nSPS) is 15.1. The van der Waals surface area contributed by atoms with Gasteiger partial charge in [0.15, 0.2) is 0 Å². The van der Waals surface area contributed by atoms with Gasteiger partial charge in [0.05, 0.1) is 6.10 Å². The van der Waals surface area contributed by atoms with Crippen LogP contribution >= 0.6 is 0 Å². The van der Waals surface area contributed by atoms with Gasteiger partial charge in [-0.05, 0) is 30.0 Å². The number of benzene rings is 1. The van der Waals surface area contributed by atoms with E-state index in [-0.39, 0.29) is 11.9 Å². The third kappa shape index (κ3) is 3.11. The molecule has 0 radical (unpaired) electrons. The maximum absolute atomic E-state index is 12.6. The van der Waals surface area contributed by atoms with Crippen LogP contribution in [0.2, 0.25) is 0 Å². The number of rotatable bonds is 4. The molecule has 0 aliphatic rings. The molecule has 0 saturated heterocycles. The van der Waals surface area contributed by atoms with E-state index >= 15 is 0 Å². The summed E-state index contributed by atoms with van der Waals surface area (Å²) in [5.41, 5.74) is 0.985. The van der Waals surface area contributed by atoms with Crippen LogP contribution in [-0.2, 0) is 6.42 Å². The fraction of sp³-hybridized carbons (Fsp3) is 0.500. The van der Waals surface area contributed by atoms with E-state index < -0.39 is 0 Å². The first-order chi connectivity index (χ1) is 6.63. The summed E-state index contributed by atoms with van der Waals surface area (Å²) in [6.07, 6.45) is 1.24. The van der Waals surface area contributed by atoms with Crippen LogP contribution in [0.25, 0.3) is 0 Å². The molecule has 2 atom stereocenters. The third-order valence-corrected chi connectivity index (χ3v) is 2.66. The molecule has 1 nitrogen and oxygen atoms in total. The zero-order valence-electron chi connectivity index (χ0n) is 8.70. The summed E-state index contributed by atoms with van der Waals surface area (Å²) in [6.45, 7) is 4.08. The maximum Gasteiger partial charge on any atom is 0.123 e. The largest absolute Gasteiger partial charge is 0.393 e. The summed E-state index contributed by atoms with van der Waals surface area (Å²) in [7, 11) is 0. The smallest absolute Gasteiger partial charge is 0.123 e. The highest BCUT2D eigenvalue weighted by atomic mass is 19.1. The molecular weight excluding hydrogens is 179 g/mol. The summed E-state index contributed by atoms with van der Waals surface area (Å²) >= 11 is 0. The van der Waals surface area contributed by atoms with E-state index in [0.29, 0.717) is 12.3 Å². The van der Waals surface area contributed by atoms with Gasteiger partial charge in [0, 0.05) is 0 Å². The Labute approximate surface area is 84.6 Å². The molecule has 2 heteroatoms. The lowest BCUT2D eigenvalue weighted by atomic mass is 9.96. The molecule has 0 saturated carbocycles. The Bertz CT molecular complexity index is 268. The van der Waals surface area contributed by atoms with Crippen molar-refractivity contribution < 1.29 is 9.50 Å². The lowest BCUT2D eigenvalue weighted by Crippen LogP contribution is -2.19. The van der Waals surface area contributed by atoms with E-state index in [4.69, 9.17) is 0 Å². The number of hydrogen-bond acceptors (Lipinski definition) is 1. The summed E-state index contributed by atoms with van der Waals surface area (Å²) < 4.78 is 12.6. The molecule has 1 N–H and O–H groups in total. The monoisotopic (exact) mass is 196 g/mol. The molecule has 0 aliphatic carbocycles. The van der Waals surface area contributed by atoms with Gasteiger partial charge in [0.2, 0.25) is 0 Å². The lowest BCUT2D eigenvalue weighted by molar-refractivity contribution is 0.115. The molecule has 2 unspecified atom stereocenters. The number of aliphatic hydroxyl groups is 1. The van der Waals surface area contributed by atoms with Crippen molar-refractivity contribution in [3.63, 3.8) is 0 Å². The van der Waals surface area contributed by atoms with Crippen molar-refractivity contribution in [1.29, 1.82) is 0 Å². The summed E-state index contributed by atoms with van der Waals surface area (Å²) in [4.78, 5) is 0. The van der Waals surface area contributed by atoms with Crippen molar-refractivity contribution in [2.45, 2.75) is 32.8 Å². The van der Waals surface area contributed by atoms with Crippen LogP contribution < -0.4 is 0 Å². The molecule has 0 bridgehead atoms. The highest BCUT2D eigenvalue weighted by molar-refractivity contribution is 5.16. The van der Waals surface area contributed by atoms with Gasteiger partial charge < -0.3 is 5.11 Å². The molecule has 1 aromatic carbocycles. The molecular formula is C12H17FO. The fourth-order valence-corrected chi connectivity index (χ4v) is 1.34. The average Bonchev–Trinajstić information content (AvgIpc) is 2.20. The number of halogens is 1. The van der Waals surface area contributed by atoms with Gasteiger partial charge in [0.25, 0.3) is 0 Å². The first-order valence-corrected chi connectivity index (χ1v) is 5.06. The molecule has 78 valence electrons. The molecule has 1 rings (SSSR count). The zero-order chi connectivity index (χ0) is 10.6. The molecule has 0 spiro atoms. The van der Waals surface area contributed by atoms with Crippen LogP contribution in [0.1, 0.15) is 25.8 Å². The Morgan fingerprint density at radius 1 is 1.29 bits per heavy atom. The molecule has 14 heavy (non-hydrogen) atoms. The van der Waals surface area contributed by atoms with E-state index in [2.05, 4.69) is 6.92 Å². The van der Waals surface area contributed by atoms with Gasteiger partial charge in [-0.3, -0.25) is 0 Å². The first-order valence-electron chi connectivity index (χ1n) is 5.06. The van der Waals surface area contributed by atoms with E-state index in [1.54, 1.807) is 12.1 Å². The Balaban J connectivity index is 2.56. The van der Waals surface area contributed by atoms with Crippen LogP contribution in [0.3, 0.4) is 0 Å². The Morgan fingerprint density at radius 3 is 2.36 bits per heavy atom. The van der Waals surface area contributed by atoms with Gasteiger partial charge in [-0.2, -0.15) is 0 Å². The zero-order valence-corrected chi connectivity index (χ0v) is 8.70.